The van der Waals surface area contributed by atoms with Crippen LogP contribution in [-0.4, -0.2) is 18.1 Å². The number of halogens is 4. The Morgan fingerprint density at radius 3 is 2.69 bits per heavy atom. The lowest BCUT2D eigenvalue weighted by Gasteiger charge is -2.08. The van der Waals surface area contributed by atoms with Crippen LogP contribution in [0.5, 0.6) is 0 Å². The number of pyridine rings is 1. The molecule has 1 aromatic rings. The second-order valence-electron chi connectivity index (χ2n) is 2.80. The van der Waals surface area contributed by atoms with E-state index in [1.54, 1.807) is 0 Å². The van der Waals surface area contributed by atoms with E-state index in [1.807, 2.05) is 0 Å². The first-order valence-electron chi connectivity index (χ1n) is 4.13. The fourth-order valence-electron chi connectivity index (χ4n) is 1.12. The van der Waals surface area contributed by atoms with Crippen LogP contribution >= 0.6 is 15.9 Å². The van der Waals surface area contributed by atoms with Gasteiger partial charge in [-0.05, 0) is 11.6 Å². The van der Waals surface area contributed by atoms with Crippen molar-refractivity contribution in [2.75, 3.05) is 7.11 Å². The molecule has 16 heavy (non-hydrogen) atoms. The van der Waals surface area contributed by atoms with E-state index in [0.29, 0.717) is 0 Å². The van der Waals surface area contributed by atoms with E-state index in [2.05, 4.69) is 25.7 Å². The first-order chi connectivity index (χ1) is 7.51. The van der Waals surface area contributed by atoms with Crippen molar-refractivity contribution in [2.24, 2.45) is 0 Å². The number of methoxy groups -OCH3 is 1. The fourth-order valence-corrected chi connectivity index (χ4v) is 1.56. The molecule has 7 heteroatoms. The number of esters is 1. The average Bonchev–Trinajstić information content (AvgIpc) is 2.26. The predicted molar refractivity (Wildman–Crippen MR) is 53.1 cm³/mol. The Bertz CT molecular complexity index is 412. The zero-order chi connectivity index (χ0) is 12.3. The van der Waals surface area contributed by atoms with Crippen LogP contribution in [-0.2, 0) is 10.1 Å². The Morgan fingerprint density at radius 1 is 1.62 bits per heavy atom. The number of rotatable bonds is 3. The number of hydrogen-bond donors (Lipinski definition) is 0. The summed E-state index contributed by atoms with van der Waals surface area (Å²) in [6.45, 7) is 0. The minimum absolute atomic E-state index is 0.0522. The van der Waals surface area contributed by atoms with Gasteiger partial charge in [-0.1, -0.05) is 15.9 Å². The smallest absolute Gasteiger partial charge is 0.342 e. The van der Waals surface area contributed by atoms with E-state index in [4.69, 9.17) is 0 Å². The Kier molecular flexibility index (Phi) is 4.28. The van der Waals surface area contributed by atoms with E-state index in [-0.39, 0.29) is 10.9 Å². The number of carbonyl (C=O) groups excluding carboxylic acids is 1. The van der Waals surface area contributed by atoms with E-state index >= 15 is 0 Å². The topological polar surface area (TPSA) is 39.2 Å². The van der Waals surface area contributed by atoms with Crippen LogP contribution in [0.4, 0.5) is 13.2 Å². The summed E-state index contributed by atoms with van der Waals surface area (Å²) in [5, 5.41) is 0.0522. The molecule has 0 atom stereocenters. The van der Waals surface area contributed by atoms with Crippen LogP contribution < -0.4 is 0 Å². The third-order valence-corrected chi connectivity index (χ3v) is 2.44. The lowest BCUT2D eigenvalue weighted by Crippen LogP contribution is -2.11. The summed E-state index contributed by atoms with van der Waals surface area (Å²) in [4.78, 5) is 14.2. The van der Waals surface area contributed by atoms with Crippen molar-refractivity contribution in [1.29, 1.82) is 0 Å². The lowest BCUT2D eigenvalue weighted by atomic mass is 10.1. The highest BCUT2D eigenvalue weighted by Gasteiger charge is 2.22. The van der Waals surface area contributed by atoms with Gasteiger partial charge in [0.05, 0.1) is 7.11 Å². The SMILES string of the molecule is COC(=O)c1c(CBr)cc(C(F)F)nc1F. The van der Waals surface area contributed by atoms with Crippen molar-refractivity contribution in [3.05, 3.63) is 28.8 Å². The van der Waals surface area contributed by atoms with Crippen molar-refractivity contribution >= 4 is 21.9 Å². The second kappa shape index (κ2) is 5.29. The molecular formula is C9H7BrF3NO2. The summed E-state index contributed by atoms with van der Waals surface area (Å²) in [6, 6.07) is 0.967. The summed E-state index contributed by atoms with van der Waals surface area (Å²) in [5.41, 5.74) is -1.06. The predicted octanol–water partition coefficient (Wildman–Crippen LogP) is 2.84. The van der Waals surface area contributed by atoms with Crippen LogP contribution in [0.15, 0.2) is 6.07 Å². The quantitative estimate of drug-likeness (QED) is 0.489. The molecule has 0 N–H and O–H groups in total. The molecule has 0 saturated heterocycles. The third kappa shape index (κ3) is 2.52. The van der Waals surface area contributed by atoms with Gasteiger partial charge in [-0.3, -0.25) is 0 Å². The average molecular weight is 298 g/mol. The van der Waals surface area contributed by atoms with E-state index in [1.165, 1.54) is 0 Å². The molecule has 1 heterocycles. The fraction of sp³-hybridized carbons (Fsp3) is 0.333. The van der Waals surface area contributed by atoms with Gasteiger partial charge in [-0.2, -0.15) is 4.39 Å². The van der Waals surface area contributed by atoms with Gasteiger partial charge in [0.1, 0.15) is 11.3 Å². The Hall–Kier alpha value is -1.11. The number of hydrogen-bond acceptors (Lipinski definition) is 3. The zero-order valence-corrected chi connectivity index (χ0v) is 9.72. The highest BCUT2D eigenvalue weighted by molar-refractivity contribution is 9.08. The molecule has 0 radical (unpaired) electrons. The van der Waals surface area contributed by atoms with Gasteiger partial charge < -0.3 is 4.74 Å². The first kappa shape index (κ1) is 13.0. The summed E-state index contributed by atoms with van der Waals surface area (Å²) >= 11 is 2.98. The molecule has 0 bridgehead atoms. The normalized spacial score (nSPS) is 10.6. The monoisotopic (exact) mass is 297 g/mol. The summed E-state index contributed by atoms with van der Waals surface area (Å²) in [7, 11) is 1.07. The molecular weight excluding hydrogens is 291 g/mol. The number of alkyl halides is 3. The molecule has 0 fully saturated rings. The van der Waals surface area contributed by atoms with Gasteiger partial charge in [0.15, 0.2) is 0 Å². The van der Waals surface area contributed by atoms with E-state index < -0.39 is 29.6 Å². The minimum atomic E-state index is -2.89. The van der Waals surface area contributed by atoms with Gasteiger partial charge >= 0.3 is 5.97 Å². The van der Waals surface area contributed by atoms with Crippen LogP contribution in [0, 0.1) is 5.95 Å². The van der Waals surface area contributed by atoms with E-state index in [0.717, 1.165) is 13.2 Å². The third-order valence-electron chi connectivity index (χ3n) is 1.83. The molecule has 1 rings (SSSR count). The molecule has 0 aromatic carbocycles. The largest absolute Gasteiger partial charge is 0.465 e. The molecule has 1 aromatic heterocycles. The molecule has 0 amide bonds. The van der Waals surface area contributed by atoms with Crippen molar-refractivity contribution in [3.63, 3.8) is 0 Å². The summed E-state index contributed by atoms with van der Waals surface area (Å²) < 4.78 is 42.3. The van der Waals surface area contributed by atoms with Gasteiger partial charge in [0, 0.05) is 5.33 Å². The highest BCUT2D eigenvalue weighted by atomic mass is 79.9. The number of carbonyl (C=O) groups is 1. The Labute approximate surface area is 97.8 Å². The second-order valence-corrected chi connectivity index (χ2v) is 3.36. The van der Waals surface area contributed by atoms with Gasteiger partial charge in [-0.25, -0.2) is 18.6 Å². The van der Waals surface area contributed by atoms with Crippen LogP contribution in [0.25, 0.3) is 0 Å². The van der Waals surface area contributed by atoms with Crippen LogP contribution in [0.1, 0.15) is 28.0 Å². The molecule has 0 aliphatic carbocycles. The molecule has 0 aliphatic heterocycles. The summed E-state index contributed by atoms with van der Waals surface area (Å²) in [6.07, 6.45) is -2.89. The van der Waals surface area contributed by atoms with Gasteiger partial charge in [0.25, 0.3) is 6.43 Å². The minimum Gasteiger partial charge on any atom is -0.465 e. The molecule has 3 nitrogen and oxygen atoms in total. The molecule has 0 aliphatic rings. The summed E-state index contributed by atoms with van der Waals surface area (Å²) in [5.74, 6) is -2.20. The maximum Gasteiger partial charge on any atom is 0.342 e. The van der Waals surface area contributed by atoms with Gasteiger partial charge in [0.2, 0.25) is 5.95 Å². The number of ether oxygens (including phenoxy) is 1. The number of aromatic nitrogens is 1. The van der Waals surface area contributed by atoms with Crippen molar-refractivity contribution in [3.8, 4) is 0 Å². The maximum atomic E-state index is 13.3. The van der Waals surface area contributed by atoms with Crippen LogP contribution in [0.3, 0.4) is 0 Å². The van der Waals surface area contributed by atoms with Crippen molar-refractivity contribution in [1.82, 2.24) is 4.98 Å². The molecule has 88 valence electrons. The lowest BCUT2D eigenvalue weighted by molar-refractivity contribution is 0.0592. The maximum absolute atomic E-state index is 13.3. The van der Waals surface area contributed by atoms with Crippen LogP contribution in [0.2, 0.25) is 0 Å². The standard InChI is InChI=1S/C9H7BrF3NO2/c1-16-9(15)6-4(3-10)2-5(7(11)12)14-8(6)13/h2,7H,3H2,1H3. The Balaban J connectivity index is 3.34. The van der Waals surface area contributed by atoms with Crippen molar-refractivity contribution in [2.45, 2.75) is 11.8 Å². The van der Waals surface area contributed by atoms with Gasteiger partial charge in [-0.15, -0.1) is 0 Å². The number of nitrogens with zero attached hydrogens (tertiary/aromatic N) is 1. The molecule has 0 spiro atoms. The molecule has 0 saturated carbocycles. The Morgan fingerprint density at radius 2 is 2.25 bits per heavy atom. The molecule has 0 unspecified atom stereocenters. The highest BCUT2D eigenvalue weighted by Crippen LogP contribution is 2.23. The van der Waals surface area contributed by atoms with E-state index in [9.17, 15) is 18.0 Å². The first-order valence-corrected chi connectivity index (χ1v) is 5.25. The van der Waals surface area contributed by atoms with Crippen molar-refractivity contribution < 1.29 is 22.7 Å². The zero-order valence-electron chi connectivity index (χ0n) is 8.14.